The molecule has 0 spiro atoms. The molecule has 3 rings (SSSR count). The lowest BCUT2D eigenvalue weighted by molar-refractivity contribution is -0.931. The van der Waals surface area contributed by atoms with Crippen molar-refractivity contribution in [2.75, 3.05) is 13.1 Å². The van der Waals surface area contributed by atoms with Crippen LogP contribution in [0.3, 0.4) is 0 Å². The van der Waals surface area contributed by atoms with E-state index in [1.165, 1.54) is 48.0 Å². The topological polar surface area (TPSA) is 29.6 Å². The highest BCUT2D eigenvalue weighted by Gasteiger charge is 2.25. The number of nitrogens with one attached hydrogen (secondary N) is 1. The summed E-state index contributed by atoms with van der Waals surface area (Å²) >= 11 is 0. The van der Waals surface area contributed by atoms with Crippen LogP contribution in [0.5, 0.6) is 0 Å². The van der Waals surface area contributed by atoms with Gasteiger partial charge in [0, 0.05) is 16.6 Å². The SMILES string of the molecule is Cc1c(C)n(C[C@H](O)C[NH+]2CCCC[C@@H]2C)c2ccccc12. The van der Waals surface area contributed by atoms with Gasteiger partial charge in [0.25, 0.3) is 0 Å². The van der Waals surface area contributed by atoms with Crippen LogP contribution in [0.15, 0.2) is 24.3 Å². The lowest BCUT2D eigenvalue weighted by Gasteiger charge is -2.31. The Balaban J connectivity index is 1.76. The summed E-state index contributed by atoms with van der Waals surface area (Å²) in [5.74, 6) is 0. The molecule has 2 aromatic rings. The van der Waals surface area contributed by atoms with E-state index in [4.69, 9.17) is 0 Å². The average Bonchev–Trinajstić information content (AvgIpc) is 2.75. The number of hydrogen-bond acceptors (Lipinski definition) is 1. The van der Waals surface area contributed by atoms with Crippen molar-refractivity contribution in [2.45, 2.75) is 58.7 Å². The highest BCUT2D eigenvalue weighted by atomic mass is 16.3. The molecule has 2 heterocycles. The summed E-state index contributed by atoms with van der Waals surface area (Å²) in [6.07, 6.45) is 3.68. The Morgan fingerprint density at radius 1 is 1.27 bits per heavy atom. The molecule has 1 unspecified atom stereocenters. The Morgan fingerprint density at radius 2 is 2.05 bits per heavy atom. The summed E-state index contributed by atoms with van der Waals surface area (Å²) in [5.41, 5.74) is 3.86. The second-order valence-electron chi connectivity index (χ2n) is 7.00. The van der Waals surface area contributed by atoms with Crippen LogP contribution < -0.4 is 4.90 Å². The van der Waals surface area contributed by atoms with E-state index in [0.29, 0.717) is 12.6 Å². The fraction of sp³-hybridized carbons (Fsp3) is 0.579. The lowest BCUT2D eigenvalue weighted by Crippen LogP contribution is -3.17. The van der Waals surface area contributed by atoms with Crippen LogP contribution in [0.4, 0.5) is 0 Å². The summed E-state index contributed by atoms with van der Waals surface area (Å²) in [7, 11) is 0. The van der Waals surface area contributed by atoms with Crippen LogP contribution in [0.2, 0.25) is 0 Å². The number of aryl methyl sites for hydroxylation is 1. The van der Waals surface area contributed by atoms with E-state index < -0.39 is 0 Å². The van der Waals surface area contributed by atoms with Crippen molar-refractivity contribution in [1.29, 1.82) is 0 Å². The maximum Gasteiger partial charge on any atom is 0.121 e. The molecule has 22 heavy (non-hydrogen) atoms. The maximum atomic E-state index is 10.6. The minimum absolute atomic E-state index is 0.274. The molecule has 120 valence electrons. The molecule has 0 saturated carbocycles. The highest BCUT2D eigenvalue weighted by Crippen LogP contribution is 2.25. The van der Waals surface area contributed by atoms with Crippen molar-refractivity contribution < 1.29 is 10.0 Å². The van der Waals surface area contributed by atoms with Crippen LogP contribution in [-0.2, 0) is 6.54 Å². The molecule has 1 aromatic heterocycles. The van der Waals surface area contributed by atoms with Gasteiger partial charge in [-0.1, -0.05) is 18.2 Å². The van der Waals surface area contributed by atoms with Gasteiger partial charge in [-0.25, -0.2) is 0 Å². The number of para-hydroxylation sites is 1. The van der Waals surface area contributed by atoms with Gasteiger partial charge < -0.3 is 14.6 Å². The molecule has 0 aliphatic carbocycles. The molecule has 1 aliphatic rings. The molecule has 1 aromatic carbocycles. The third kappa shape index (κ3) is 2.92. The molecule has 0 radical (unpaired) electrons. The van der Waals surface area contributed by atoms with E-state index in [2.05, 4.69) is 49.6 Å². The van der Waals surface area contributed by atoms with E-state index >= 15 is 0 Å². The predicted octanol–water partition coefficient (Wildman–Crippen LogP) is 2.08. The Bertz CT molecular complexity index is 646. The van der Waals surface area contributed by atoms with Crippen LogP contribution in [0.25, 0.3) is 10.9 Å². The highest BCUT2D eigenvalue weighted by molar-refractivity contribution is 5.85. The Morgan fingerprint density at radius 3 is 2.82 bits per heavy atom. The van der Waals surface area contributed by atoms with Gasteiger partial charge in [0.1, 0.15) is 12.6 Å². The molecule has 3 heteroatoms. The molecule has 0 bridgehead atoms. The first-order chi connectivity index (χ1) is 10.6. The first-order valence-corrected chi connectivity index (χ1v) is 8.65. The van der Waals surface area contributed by atoms with Gasteiger partial charge in [0.2, 0.25) is 0 Å². The van der Waals surface area contributed by atoms with Gasteiger partial charge in [-0.2, -0.15) is 0 Å². The summed E-state index contributed by atoms with van der Waals surface area (Å²) in [6.45, 7) is 9.45. The van der Waals surface area contributed by atoms with E-state index in [1.54, 1.807) is 4.90 Å². The van der Waals surface area contributed by atoms with Gasteiger partial charge in [-0.05, 0) is 51.7 Å². The molecule has 1 aliphatic heterocycles. The largest absolute Gasteiger partial charge is 0.385 e. The normalized spacial score (nSPS) is 23.8. The zero-order chi connectivity index (χ0) is 15.7. The smallest absolute Gasteiger partial charge is 0.121 e. The van der Waals surface area contributed by atoms with Gasteiger partial charge in [0.15, 0.2) is 0 Å². The van der Waals surface area contributed by atoms with Crippen LogP contribution in [-0.4, -0.2) is 34.9 Å². The number of piperidine rings is 1. The van der Waals surface area contributed by atoms with Crippen molar-refractivity contribution in [1.82, 2.24) is 4.57 Å². The van der Waals surface area contributed by atoms with Gasteiger partial charge in [0.05, 0.1) is 19.1 Å². The molecule has 3 nitrogen and oxygen atoms in total. The average molecular weight is 301 g/mol. The Kier molecular flexibility index (Phi) is 4.55. The zero-order valence-corrected chi connectivity index (χ0v) is 14.1. The molecular formula is C19H29N2O+. The first kappa shape index (κ1) is 15.6. The van der Waals surface area contributed by atoms with E-state index in [0.717, 1.165) is 6.54 Å². The predicted molar refractivity (Wildman–Crippen MR) is 91.4 cm³/mol. The fourth-order valence-corrected chi connectivity index (χ4v) is 3.97. The number of fused-ring (bicyclic) bond motifs is 1. The molecule has 1 fully saturated rings. The molecule has 1 saturated heterocycles. The minimum Gasteiger partial charge on any atom is -0.385 e. The standard InChI is InChI=1S/C19H28N2O/c1-14-8-6-7-11-20(14)12-17(22)13-21-16(3)15(2)18-9-4-5-10-19(18)21/h4-5,9-10,14,17,22H,6-8,11-13H2,1-3H3/p+1/t14-,17+/m0/s1. The number of aliphatic hydroxyl groups excluding tert-OH is 1. The number of likely N-dealkylation sites (tertiary alicyclic amines) is 1. The summed E-state index contributed by atoms with van der Waals surface area (Å²) in [6, 6.07) is 9.21. The second-order valence-corrected chi connectivity index (χ2v) is 7.00. The number of nitrogens with zero attached hydrogens (tertiary/aromatic N) is 1. The van der Waals surface area contributed by atoms with Crippen molar-refractivity contribution in [3.8, 4) is 0 Å². The molecular weight excluding hydrogens is 272 g/mol. The van der Waals surface area contributed by atoms with Crippen molar-refractivity contribution in [2.24, 2.45) is 0 Å². The van der Waals surface area contributed by atoms with E-state index in [1.807, 2.05) is 0 Å². The van der Waals surface area contributed by atoms with Gasteiger partial charge in [-0.3, -0.25) is 0 Å². The maximum absolute atomic E-state index is 10.6. The monoisotopic (exact) mass is 301 g/mol. The first-order valence-electron chi connectivity index (χ1n) is 8.65. The fourth-order valence-electron chi connectivity index (χ4n) is 3.97. The second kappa shape index (κ2) is 6.43. The van der Waals surface area contributed by atoms with E-state index in [9.17, 15) is 5.11 Å². The minimum atomic E-state index is -0.274. The number of benzene rings is 1. The third-order valence-corrected chi connectivity index (χ3v) is 5.52. The lowest BCUT2D eigenvalue weighted by atomic mass is 10.0. The number of aliphatic hydroxyl groups is 1. The number of hydrogen-bond donors (Lipinski definition) is 2. The molecule has 3 atom stereocenters. The van der Waals surface area contributed by atoms with Crippen molar-refractivity contribution in [3.63, 3.8) is 0 Å². The van der Waals surface area contributed by atoms with Gasteiger partial charge in [-0.15, -0.1) is 0 Å². The summed E-state index contributed by atoms with van der Waals surface area (Å²) in [4.78, 5) is 1.57. The van der Waals surface area contributed by atoms with Crippen molar-refractivity contribution >= 4 is 10.9 Å². The summed E-state index contributed by atoms with van der Waals surface area (Å²) in [5, 5.41) is 11.9. The number of quaternary nitrogens is 1. The quantitative estimate of drug-likeness (QED) is 0.889. The molecule has 0 amide bonds. The Hall–Kier alpha value is -1.32. The summed E-state index contributed by atoms with van der Waals surface area (Å²) < 4.78 is 2.30. The zero-order valence-electron chi connectivity index (χ0n) is 14.1. The Labute approximate surface area is 133 Å². The molecule has 2 N–H and O–H groups in total. The van der Waals surface area contributed by atoms with Crippen LogP contribution in [0, 0.1) is 13.8 Å². The van der Waals surface area contributed by atoms with E-state index in [-0.39, 0.29) is 6.10 Å². The van der Waals surface area contributed by atoms with Crippen LogP contribution >= 0.6 is 0 Å². The van der Waals surface area contributed by atoms with Crippen LogP contribution in [0.1, 0.15) is 37.4 Å². The van der Waals surface area contributed by atoms with Gasteiger partial charge >= 0.3 is 0 Å². The third-order valence-electron chi connectivity index (χ3n) is 5.52. The number of aromatic nitrogens is 1. The number of rotatable bonds is 4. The van der Waals surface area contributed by atoms with Crippen molar-refractivity contribution in [3.05, 3.63) is 35.5 Å².